The van der Waals surface area contributed by atoms with Gasteiger partial charge in [0.25, 0.3) is 0 Å². The summed E-state index contributed by atoms with van der Waals surface area (Å²) >= 11 is 5.65. The molecule has 0 spiro atoms. The Labute approximate surface area is 101 Å². The minimum atomic E-state index is 0.384. The molecule has 0 saturated carbocycles. The average Bonchev–Trinajstić information content (AvgIpc) is 2.83. The van der Waals surface area contributed by atoms with Gasteiger partial charge in [-0.3, -0.25) is 4.98 Å². The number of hydrogen-bond donors (Lipinski definition) is 0. The number of alkyl halides is 1. The van der Waals surface area contributed by atoms with E-state index in [1.165, 1.54) is 6.42 Å². The fraction of sp³-hybridized carbons (Fsp3) is 0.583. The Balaban J connectivity index is 1.71. The molecule has 1 saturated heterocycles. The zero-order valence-electron chi connectivity index (χ0n) is 9.19. The summed E-state index contributed by atoms with van der Waals surface area (Å²) in [5.41, 5.74) is 0.869. The van der Waals surface area contributed by atoms with Gasteiger partial charge in [0.2, 0.25) is 0 Å². The van der Waals surface area contributed by atoms with Gasteiger partial charge in [0.05, 0.1) is 30.5 Å². The molecule has 1 aromatic heterocycles. The Kier molecular flexibility index (Phi) is 4.43. The predicted molar refractivity (Wildman–Crippen MR) is 62.9 cm³/mol. The van der Waals surface area contributed by atoms with Crippen molar-refractivity contribution in [1.29, 1.82) is 0 Å². The minimum Gasteiger partial charge on any atom is -0.492 e. The third-order valence-corrected chi connectivity index (χ3v) is 2.94. The molecule has 4 heteroatoms. The van der Waals surface area contributed by atoms with Crippen molar-refractivity contribution in [3.8, 4) is 5.75 Å². The van der Waals surface area contributed by atoms with Crippen LogP contribution in [0.4, 0.5) is 0 Å². The highest BCUT2D eigenvalue weighted by Crippen LogP contribution is 2.16. The van der Waals surface area contributed by atoms with Crippen molar-refractivity contribution in [2.45, 2.75) is 31.2 Å². The number of aromatic nitrogens is 1. The van der Waals surface area contributed by atoms with Crippen LogP contribution in [0.25, 0.3) is 0 Å². The lowest BCUT2D eigenvalue weighted by atomic mass is 10.2. The lowest BCUT2D eigenvalue weighted by Crippen LogP contribution is -2.10. The first-order chi connectivity index (χ1) is 7.88. The largest absolute Gasteiger partial charge is 0.492 e. The van der Waals surface area contributed by atoms with Crippen LogP contribution in [-0.4, -0.2) is 24.3 Å². The van der Waals surface area contributed by atoms with Gasteiger partial charge in [-0.15, -0.1) is 11.6 Å². The van der Waals surface area contributed by atoms with Crippen LogP contribution < -0.4 is 4.74 Å². The van der Waals surface area contributed by atoms with Crippen molar-refractivity contribution in [2.75, 3.05) is 13.2 Å². The average molecular weight is 242 g/mol. The number of nitrogens with zero attached hydrogens (tertiary/aromatic N) is 1. The molecule has 1 unspecified atom stereocenters. The first-order valence-electron chi connectivity index (χ1n) is 5.64. The van der Waals surface area contributed by atoms with Crippen molar-refractivity contribution < 1.29 is 9.47 Å². The van der Waals surface area contributed by atoms with Crippen LogP contribution in [0, 0.1) is 0 Å². The van der Waals surface area contributed by atoms with Crippen molar-refractivity contribution in [3.05, 3.63) is 24.0 Å². The summed E-state index contributed by atoms with van der Waals surface area (Å²) in [6.45, 7) is 1.59. The molecule has 0 bridgehead atoms. The normalized spacial score (nSPS) is 19.9. The maximum Gasteiger partial charge on any atom is 0.137 e. The molecule has 3 nitrogen and oxygen atoms in total. The Bertz CT molecular complexity index is 309. The molecule has 1 aromatic rings. The van der Waals surface area contributed by atoms with Gasteiger partial charge in [0, 0.05) is 13.0 Å². The second-order valence-corrected chi connectivity index (χ2v) is 4.16. The van der Waals surface area contributed by atoms with Gasteiger partial charge in [-0.1, -0.05) is 0 Å². The Morgan fingerprint density at radius 2 is 2.44 bits per heavy atom. The molecule has 0 radical (unpaired) electrons. The third kappa shape index (κ3) is 3.35. The van der Waals surface area contributed by atoms with E-state index in [4.69, 9.17) is 21.1 Å². The molecule has 2 heterocycles. The highest BCUT2D eigenvalue weighted by molar-refractivity contribution is 6.16. The van der Waals surface area contributed by atoms with Crippen LogP contribution in [-0.2, 0) is 10.6 Å². The smallest absolute Gasteiger partial charge is 0.137 e. The number of halogens is 1. The van der Waals surface area contributed by atoms with Crippen molar-refractivity contribution >= 4 is 11.6 Å². The van der Waals surface area contributed by atoms with Gasteiger partial charge in [-0.05, 0) is 25.0 Å². The van der Waals surface area contributed by atoms with E-state index >= 15 is 0 Å². The molecular weight excluding hydrogens is 226 g/mol. The van der Waals surface area contributed by atoms with Gasteiger partial charge in [0.1, 0.15) is 5.75 Å². The predicted octanol–water partition coefficient (Wildman–Crippen LogP) is 2.77. The summed E-state index contributed by atoms with van der Waals surface area (Å²) < 4.78 is 11.1. The molecule has 0 N–H and O–H groups in total. The molecule has 0 aromatic carbocycles. The van der Waals surface area contributed by atoms with E-state index in [2.05, 4.69) is 4.98 Å². The van der Waals surface area contributed by atoms with E-state index in [0.29, 0.717) is 18.6 Å². The molecule has 1 aliphatic rings. The fourth-order valence-corrected chi connectivity index (χ4v) is 1.91. The Hall–Kier alpha value is -0.800. The second kappa shape index (κ2) is 6.06. The zero-order valence-corrected chi connectivity index (χ0v) is 9.95. The van der Waals surface area contributed by atoms with Gasteiger partial charge in [-0.25, -0.2) is 0 Å². The SMILES string of the molecule is ClCc1ccc(OCCC2CCCO2)cn1. The summed E-state index contributed by atoms with van der Waals surface area (Å²) in [4.78, 5) is 4.16. The summed E-state index contributed by atoms with van der Waals surface area (Å²) in [6.07, 6.45) is 5.39. The molecule has 1 atom stereocenters. The lowest BCUT2D eigenvalue weighted by Gasteiger charge is -2.10. The summed E-state index contributed by atoms with van der Waals surface area (Å²) in [5.74, 6) is 1.24. The number of rotatable bonds is 5. The minimum absolute atomic E-state index is 0.384. The lowest BCUT2D eigenvalue weighted by molar-refractivity contribution is 0.0903. The van der Waals surface area contributed by atoms with Crippen LogP contribution in [0.3, 0.4) is 0 Å². The molecule has 16 heavy (non-hydrogen) atoms. The molecule has 0 aliphatic carbocycles. The monoisotopic (exact) mass is 241 g/mol. The zero-order chi connectivity index (χ0) is 11.2. The molecule has 1 aliphatic heterocycles. The quantitative estimate of drug-likeness (QED) is 0.743. The van der Waals surface area contributed by atoms with Gasteiger partial charge in [-0.2, -0.15) is 0 Å². The Morgan fingerprint density at radius 1 is 1.50 bits per heavy atom. The van der Waals surface area contributed by atoms with E-state index in [-0.39, 0.29) is 0 Å². The van der Waals surface area contributed by atoms with Crippen LogP contribution in [0.5, 0.6) is 5.75 Å². The Morgan fingerprint density at radius 3 is 3.06 bits per heavy atom. The van der Waals surface area contributed by atoms with E-state index in [1.807, 2.05) is 12.1 Å². The number of ether oxygens (including phenoxy) is 2. The van der Waals surface area contributed by atoms with E-state index < -0.39 is 0 Å². The summed E-state index contributed by atoms with van der Waals surface area (Å²) in [6, 6.07) is 3.79. The van der Waals surface area contributed by atoms with E-state index in [0.717, 1.165) is 30.9 Å². The van der Waals surface area contributed by atoms with Crippen LogP contribution in [0.2, 0.25) is 0 Å². The van der Waals surface area contributed by atoms with E-state index in [1.54, 1.807) is 6.20 Å². The topological polar surface area (TPSA) is 31.4 Å². The summed E-state index contributed by atoms with van der Waals surface area (Å²) in [5, 5.41) is 0. The van der Waals surface area contributed by atoms with Crippen LogP contribution >= 0.6 is 11.6 Å². The van der Waals surface area contributed by atoms with Gasteiger partial charge >= 0.3 is 0 Å². The number of pyridine rings is 1. The van der Waals surface area contributed by atoms with Crippen molar-refractivity contribution in [2.24, 2.45) is 0 Å². The highest BCUT2D eigenvalue weighted by atomic mass is 35.5. The van der Waals surface area contributed by atoms with Crippen LogP contribution in [0.1, 0.15) is 25.0 Å². The number of hydrogen-bond acceptors (Lipinski definition) is 3. The molecule has 1 fully saturated rings. The first-order valence-corrected chi connectivity index (χ1v) is 6.17. The van der Waals surface area contributed by atoms with E-state index in [9.17, 15) is 0 Å². The first kappa shape index (κ1) is 11.7. The fourth-order valence-electron chi connectivity index (χ4n) is 1.76. The van der Waals surface area contributed by atoms with Crippen molar-refractivity contribution in [3.63, 3.8) is 0 Å². The third-order valence-electron chi connectivity index (χ3n) is 2.67. The highest BCUT2D eigenvalue weighted by Gasteiger charge is 2.14. The maximum absolute atomic E-state index is 5.65. The van der Waals surface area contributed by atoms with Crippen molar-refractivity contribution in [1.82, 2.24) is 4.98 Å². The molecule has 88 valence electrons. The second-order valence-electron chi connectivity index (χ2n) is 3.89. The van der Waals surface area contributed by atoms with Gasteiger partial charge in [0.15, 0.2) is 0 Å². The molecular formula is C12H16ClNO2. The standard InChI is InChI=1S/C12H16ClNO2/c13-8-10-3-4-12(9-14-10)16-7-5-11-2-1-6-15-11/h3-4,9,11H,1-2,5-8H2. The van der Waals surface area contributed by atoms with Crippen LogP contribution in [0.15, 0.2) is 18.3 Å². The summed E-state index contributed by atoms with van der Waals surface area (Å²) in [7, 11) is 0. The van der Waals surface area contributed by atoms with Gasteiger partial charge < -0.3 is 9.47 Å². The maximum atomic E-state index is 5.65. The molecule has 2 rings (SSSR count). The molecule has 0 amide bonds.